The topological polar surface area (TPSA) is 85.8 Å². The van der Waals surface area contributed by atoms with Gasteiger partial charge in [0, 0.05) is 38.8 Å². The second-order valence-corrected chi connectivity index (χ2v) is 7.49. The van der Waals surface area contributed by atoms with Crippen molar-refractivity contribution in [3.8, 4) is 0 Å². The van der Waals surface area contributed by atoms with Crippen LogP contribution in [0.1, 0.15) is 34.0 Å². The average molecular weight is 422 g/mol. The minimum absolute atomic E-state index is 0.0324. The van der Waals surface area contributed by atoms with Gasteiger partial charge in [-0.1, -0.05) is 36.4 Å². The third kappa shape index (κ3) is 6.31. The summed E-state index contributed by atoms with van der Waals surface area (Å²) in [4.78, 5) is 30.8. The summed E-state index contributed by atoms with van der Waals surface area (Å²) in [5, 5.41) is 9.10. The fourth-order valence-electron chi connectivity index (χ4n) is 3.63. The molecule has 7 nitrogen and oxygen atoms in total. The fraction of sp³-hybridized carbons (Fsp3) is 0.375. The molecule has 2 aromatic carbocycles. The minimum atomic E-state index is -0.0939. The molecule has 1 aliphatic rings. The minimum Gasteiger partial charge on any atom is -0.357 e. The van der Waals surface area contributed by atoms with Crippen LogP contribution in [0.3, 0.4) is 0 Å². The molecule has 31 heavy (non-hydrogen) atoms. The first kappa shape index (κ1) is 22.3. The number of carbonyl (C=O) groups excluding carboxylic acids is 2. The Labute approximate surface area is 183 Å². The van der Waals surface area contributed by atoms with Crippen LogP contribution >= 0.6 is 0 Å². The number of benzene rings is 2. The molecule has 0 spiro atoms. The Kier molecular flexibility index (Phi) is 8.04. The van der Waals surface area contributed by atoms with Gasteiger partial charge in [-0.2, -0.15) is 0 Å². The molecule has 0 bridgehead atoms. The van der Waals surface area contributed by atoms with Crippen molar-refractivity contribution < 1.29 is 9.59 Å². The predicted octanol–water partition coefficient (Wildman–Crippen LogP) is 1.73. The third-order valence-electron chi connectivity index (χ3n) is 5.32. The highest BCUT2D eigenvalue weighted by Crippen LogP contribution is 2.18. The maximum atomic E-state index is 12.7. The Morgan fingerprint density at radius 2 is 1.87 bits per heavy atom. The van der Waals surface area contributed by atoms with E-state index in [1.54, 1.807) is 13.1 Å². The zero-order chi connectivity index (χ0) is 22.1. The van der Waals surface area contributed by atoms with Crippen LogP contribution in [0.5, 0.6) is 0 Å². The first-order valence-corrected chi connectivity index (χ1v) is 10.8. The van der Waals surface area contributed by atoms with Crippen molar-refractivity contribution in [3.05, 3.63) is 70.8 Å². The smallest absolute Gasteiger partial charge is 0.251 e. The molecule has 0 aliphatic carbocycles. The molecule has 3 rings (SSSR count). The van der Waals surface area contributed by atoms with E-state index in [1.165, 1.54) is 11.1 Å². The molecule has 7 heteroatoms. The Balaban J connectivity index is 1.52. The normalized spacial score (nSPS) is 13.4. The lowest BCUT2D eigenvalue weighted by Crippen LogP contribution is -2.41. The zero-order valence-corrected chi connectivity index (χ0v) is 18.3. The Morgan fingerprint density at radius 1 is 1.06 bits per heavy atom. The SMILES string of the molecule is CCNC(=NCC(=O)N1CCc2ccccc2C1)NCCc1cccc(C(=O)NC)c1. The highest BCUT2D eigenvalue weighted by Gasteiger charge is 2.20. The molecule has 3 N–H and O–H groups in total. The molecule has 0 saturated heterocycles. The number of fused-ring (bicyclic) bond motifs is 1. The highest BCUT2D eigenvalue weighted by atomic mass is 16.2. The molecule has 0 atom stereocenters. The predicted molar refractivity (Wildman–Crippen MR) is 123 cm³/mol. The van der Waals surface area contributed by atoms with E-state index in [2.05, 4.69) is 33.1 Å². The molecule has 1 aliphatic heterocycles. The van der Waals surface area contributed by atoms with Gasteiger partial charge in [-0.15, -0.1) is 0 Å². The van der Waals surface area contributed by atoms with Gasteiger partial charge in [0.05, 0.1) is 0 Å². The summed E-state index contributed by atoms with van der Waals surface area (Å²) >= 11 is 0. The lowest BCUT2D eigenvalue weighted by Gasteiger charge is -2.28. The number of rotatable bonds is 7. The van der Waals surface area contributed by atoms with Gasteiger partial charge in [0.25, 0.3) is 5.91 Å². The largest absolute Gasteiger partial charge is 0.357 e. The molecule has 2 amide bonds. The van der Waals surface area contributed by atoms with Crippen LogP contribution in [0.15, 0.2) is 53.5 Å². The summed E-state index contributed by atoms with van der Waals surface area (Å²) in [5.41, 5.74) is 4.25. The van der Waals surface area contributed by atoms with E-state index >= 15 is 0 Å². The Morgan fingerprint density at radius 3 is 2.65 bits per heavy atom. The van der Waals surface area contributed by atoms with Crippen LogP contribution in [0.25, 0.3) is 0 Å². The molecule has 0 fully saturated rings. The van der Waals surface area contributed by atoms with E-state index < -0.39 is 0 Å². The van der Waals surface area contributed by atoms with Crippen molar-refractivity contribution in [3.63, 3.8) is 0 Å². The van der Waals surface area contributed by atoms with Crippen molar-refractivity contribution in [1.82, 2.24) is 20.9 Å². The molecule has 2 aromatic rings. The molecule has 0 saturated carbocycles. The number of carbonyl (C=O) groups is 2. The molecule has 0 unspecified atom stereocenters. The fourth-order valence-corrected chi connectivity index (χ4v) is 3.63. The van der Waals surface area contributed by atoms with E-state index in [0.717, 1.165) is 24.9 Å². The van der Waals surface area contributed by atoms with Crippen molar-refractivity contribution in [2.24, 2.45) is 4.99 Å². The monoisotopic (exact) mass is 421 g/mol. The summed E-state index contributed by atoms with van der Waals surface area (Å²) in [7, 11) is 1.62. The van der Waals surface area contributed by atoms with Crippen LogP contribution < -0.4 is 16.0 Å². The van der Waals surface area contributed by atoms with Crippen LogP contribution in [0.2, 0.25) is 0 Å². The quantitative estimate of drug-likeness (QED) is 0.470. The summed E-state index contributed by atoms with van der Waals surface area (Å²) in [6.07, 6.45) is 1.63. The van der Waals surface area contributed by atoms with Crippen molar-refractivity contribution in [2.45, 2.75) is 26.3 Å². The first-order valence-electron chi connectivity index (χ1n) is 10.8. The van der Waals surface area contributed by atoms with E-state index in [0.29, 0.717) is 31.2 Å². The molecular weight excluding hydrogens is 390 g/mol. The number of nitrogens with one attached hydrogen (secondary N) is 3. The zero-order valence-electron chi connectivity index (χ0n) is 18.3. The molecule has 164 valence electrons. The van der Waals surface area contributed by atoms with Crippen LogP contribution in [-0.4, -0.2) is 55.9 Å². The molecule has 0 aromatic heterocycles. The van der Waals surface area contributed by atoms with Gasteiger partial charge >= 0.3 is 0 Å². The van der Waals surface area contributed by atoms with Crippen LogP contribution in [0, 0.1) is 0 Å². The van der Waals surface area contributed by atoms with Crippen molar-refractivity contribution >= 4 is 17.8 Å². The van der Waals surface area contributed by atoms with E-state index in [4.69, 9.17) is 0 Å². The lowest BCUT2D eigenvalue weighted by molar-refractivity contribution is -0.130. The van der Waals surface area contributed by atoms with Crippen LogP contribution in [0.4, 0.5) is 0 Å². The van der Waals surface area contributed by atoms with Crippen LogP contribution in [-0.2, 0) is 24.2 Å². The Hall–Kier alpha value is -3.35. The molecular formula is C24H31N5O2. The third-order valence-corrected chi connectivity index (χ3v) is 5.32. The standard InChI is InChI=1S/C24H31N5O2/c1-3-26-24(27-13-11-18-7-6-10-20(15-18)23(31)25-2)28-16-22(30)29-14-12-19-8-4-5-9-21(19)17-29/h4-10,15H,3,11-14,16-17H2,1-2H3,(H,25,31)(H2,26,27,28). The van der Waals surface area contributed by atoms with E-state index in [9.17, 15) is 9.59 Å². The van der Waals surface area contributed by atoms with Gasteiger partial charge in [0.1, 0.15) is 6.54 Å². The number of amides is 2. The van der Waals surface area contributed by atoms with Crippen molar-refractivity contribution in [2.75, 3.05) is 33.2 Å². The van der Waals surface area contributed by atoms with E-state index in [-0.39, 0.29) is 18.4 Å². The van der Waals surface area contributed by atoms with Gasteiger partial charge in [-0.25, -0.2) is 4.99 Å². The number of aliphatic imine (C=N–C) groups is 1. The highest BCUT2D eigenvalue weighted by molar-refractivity contribution is 5.94. The summed E-state index contributed by atoms with van der Waals surface area (Å²) in [6, 6.07) is 15.8. The maximum absolute atomic E-state index is 12.7. The number of nitrogens with zero attached hydrogens (tertiary/aromatic N) is 2. The van der Waals surface area contributed by atoms with Crippen molar-refractivity contribution in [1.29, 1.82) is 0 Å². The van der Waals surface area contributed by atoms with E-state index in [1.807, 2.05) is 42.2 Å². The van der Waals surface area contributed by atoms with Gasteiger partial charge in [0.15, 0.2) is 5.96 Å². The molecule has 1 heterocycles. The van der Waals surface area contributed by atoms with Gasteiger partial charge < -0.3 is 20.9 Å². The lowest BCUT2D eigenvalue weighted by atomic mass is 10.00. The summed E-state index contributed by atoms with van der Waals surface area (Å²) in [6.45, 7) is 4.85. The number of guanidine groups is 1. The van der Waals surface area contributed by atoms with Gasteiger partial charge in [-0.3, -0.25) is 9.59 Å². The number of hydrogen-bond donors (Lipinski definition) is 3. The molecule has 0 radical (unpaired) electrons. The average Bonchev–Trinajstić information content (AvgIpc) is 2.81. The maximum Gasteiger partial charge on any atom is 0.251 e. The Bertz CT molecular complexity index is 941. The van der Waals surface area contributed by atoms with Gasteiger partial charge in [-0.05, 0) is 48.6 Å². The second-order valence-electron chi connectivity index (χ2n) is 7.49. The second kappa shape index (κ2) is 11.2. The summed E-state index contributed by atoms with van der Waals surface area (Å²) in [5.74, 6) is 0.559. The first-order chi connectivity index (χ1) is 15.1. The summed E-state index contributed by atoms with van der Waals surface area (Å²) < 4.78 is 0. The number of hydrogen-bond acceptors (Lipinski definition) is 3. The van der Waals surface area contributed by atoms with Gasteiger partial charge in [0.2, 0.25) is 5.91 Å².